The Hall–Kier alpha value is -3.29. The summed E-state index contributed by atoms with van der Waals surface area (Å²) in [6.07, 6.45) is 2.08. The van der Waals surface area contributed by atoms with Gasteiger partial charge in [0.05, 0.1) is 0 Å². The van der Waals surface area contributed by atoms with Crippen molar-refractivity contribution in [3.63, 3.8) is 0 Å². The minimum Gasteiger partial charge on any atom is -0.374 e. The third-order valence-electron chi connectivity index (χ3n) is 8.63. The Morgan fingerprint density at radius 3 is 1.78 bits per heavy atom. The molecule has 180 valence electrons. The van der Waals surface area contributed by atoms with Gasteiger partial charge < -0.3 is 14.4 Å². The minimum absolute atomic E-state index is 0.0781. The van der Waals surface area contributed by atoms with Crippen molar-refractivity contribution >= 4 is 34.4 Å². The van der Waals surface area contributed by atoms with E-state index in [1.54, 1.807) is 0 Å². The topological polar surface area (TPSA) is 23.6 Å². The second kappa shape index (κ2) is 7.85. The molecule has 3 aliphatic rings. The summed E-state index contributed by atoms with van der Waals surface area (Å²) in [6.45, 7) is 4.23. The van der Waals surface area contributed by atoms with E-state index in [4.69, 9.17) is 0 Å². The molecule has 7 rings (SSSR count). The number of benzene rings is 4. The van der Waals surface area contributed by atoms with Crippen LogP contribution in [0.2, 0.25) is 0 Å². The van der Waals surface area contributed by atoms with Crippen LogP contribution >= 0.6 is 7.14 Å². The number of anilines is 2. The van der Waals surface area contributed by atoms with Gasteiger partial charge in [-0.15, -0.1) is 0 Å². The maximum Gasteiger partial charge on any atom is 0.171 e. The molecule has 0 aromatic heterocycles. The number of nitrogens with zero attached hydrogens (tertiary/aromatic N) is 2. The van der Waals surface area contributed by atoms with Crippen LogP contribution in [-0.2, 0) is 17.4 Å². The van der Waals surface area contributed by atoms with Crippen molar-refractivity contribution in [3.05, 3.63) is 112 Å². The van der Waals surface area contributed by atoms with Crippen molar-refractivity contribution < 1.29 is 4.57 Å². The van der Waals surface area contributed by atoms with E-state index in [0.717, 1.165) is 41.8 Å². The van der Waals surface area contributed by atoms with E-state index in [2.05, 4.69) is 91.5 Å². The Bertz CT molecular complexity index is 1500. The zero-order valence-corrected chi connectivity index (χ0v) is 22.1. The molecule has 36 heavy (non-hydrogen) atoms. The van der Waals surface area contributed by atoms with Gasteiger partial charge in [-0.3, -0.25) is 0 Å². The summed E-state index contributed by atoms with van der Waals surface area (Å²) < 4.78 is 15.7. The van der Waals surface area contributed by atoms with Crippen LogP contribution in [0.15, 0.2) is 78.9 Å². The van der Waals surface area contributed by atoms with Crippen molar-refractivity contribution in [1.29, 1.82) is 0 Å². The van der Waals surface area contributed by atoms with Crippen LogP contribution in [0.25, 0.3) is 0 Å². The van der Waals surface area contributed by atoms with Crippen LogP contribution in [0.3, 0.4) is 0 Å². The lowest BCUT2D eigenvalue weighted by atomic mass is 9.81. The highest BCUT2D eigenvalue weighted by molar-refractivity contribution is 7.85. The van der Waals surface area contributed by atoms with E-state index in [9.17, 15) is 0 Å². The Morgan fingerprint density at radius 1 is 0.694 bits per heavy atom. The largest absolute Gasteiger partial charge is 0.374 e. The van der Waals surface area contributed by atoms with Gasteiger partial charge in [0.25, 0.3) is 0 Å². The lowest BCUT2D eigenvalue weighted by Gasteiger charge is -2.37. The molecule has 0 saturated heterocycles. The van der Waals surface area contributed by atoms with Gasteiger partial charge in [0.15, 0.2) is 7.14 Å². The van der Waals surface area contributed by atoms with Gasteiger partial charge in [-0.25, -0.2) is 0 Å². The molecule has 4 heteroatoms. The fraction of sp³-hybridized carbons (Fsp3) is 0.250. The van der Waals surface area contributed by atoms with Crippen molar-refractivity contribution in [2.24, 2.45) is 0 Å². The lowest BCUT2D eigenvalue weighted by molar-refractivity contribution is 0.591. The van der Waals surface area contributed by atoms with Gasteiger partial charge >= 0.3 is 0 Å². The normalized spacial score (nSPS) is 21.7. The maximum atomic E-state index is 15.7. The number of rotatable bonds is 2. The van der Waals surface area contributed by atoms with E-state index >= 15 is 4.57 Å². The highest BCUT2D eigenvalue weighted by Crippen LogP contribution is 2.55. The molecular weight excluding hydrogens is 459 g/mol. The van der Waals surface area contributed by atoms with E-state index in [-0.39, 0.29) is 5.92 Å². The quantitative estimate of drug-likeness (QED) is 0.321. The molecule has 4 aromatic rings. The average molecular weight is 491 g/mol. The first-order chi connectivity index (χ1) is 17.5. The van der Waals surface area contributed by atoms with Gasteiger partial charge in [-0.05, 0) is 65.3 Å². The molecular formula is C32H31N2OP. The highest BCUT2D eigenvalue weighted by atomic mass is 31.2. The minimum atomic E-state index is -3.09. The standard InChI is InChI=1S/C32H31N2OP/c1-21-9-7-8-12-25(21)32-26-17-22-13-15-33(2)28(22)19-30(26)36(35,24-10-5-4-6-11-24)31-20-29-23(18-27(31)32)14-16-34(29)3/h4-12,17-20,32H,13-16H2,1-3H3. The summed E-state index contributed by atoms with van der Waals surface area (Å²) in [5.74, 6) is 0.0781. The molecule has 0 N–H and O–H groups in total. The van der Waals surface area contributed by atoms with Crippen LogP contribution in [0.4, 0.5) is 11.4 Å². The van der Waals surface area contributed by atoms with Crippen LogP contribution in [0.1, 0.15) is 39.3 Å². The smallest absolute Gasteiger partial charge is 0.171 e. The molecule has 3 aliphatic heterocycles. The predicted octanol–water partition coefficient (Wildman–Crippen LogP) is 5.11. The molecule has 0 spiro atoms. The Labute approximate surface area is 213 Å². The SMILES string of the molecule is Cc1ccccc1C1c2cc3c(cc2P(=O)(c2ccccc2)c2cc4c(cc21)CCN4C)N(C)CC3. The molecule has 4 aromatic carbocycles. The van der Waals surface area contributed by atoms with Crippen molar-refractivity contribution in [3.8, 4) is 0 Å². The third kappa shape index (κ3) is 2.96. The molecule has 3 heterocycles. The second-order valence-electron chi connectivity index (χ2n) is 10.7. The predicted molar refractivity (Wildman–Crippen MR) is 152 cm³/mol. The first-order valence-electron chi connectivity index (χ1n) is 12.9. The van der Waals surface area contributed by atoms with Crippen LogP contribution in [-0.4, -0.2) is 27.2 Å². The van der Waals surface area contributed by atoms with Crippen LogP contribution < -0.4 is 25.7 Å². The first-order valence-corrected chi connectivity index (χ1v) is 14.7. The first kappa shape index (κ1) is 21.9. The van der Waals surface area contributed by atoms with E-state index in [0.29, 0.717) is 0 Å². The lowest BCUT2D eigenvalue weighted by Crippen LogP contribution is -2.37. The molecule has 0 atom stereocenters. The van der Waals surface area contributed by atoms with E-state index in [1.807, 2.05) is 18.2 Å². The third-order valence-corrected chi connectivity index (χ3v) is 11.8. The number of hydrogen-bond acceptors (Lipinski definition) is 3. The number of likely N-dealkylation sites (N-methyl/N-ethyl adjacent to an activating group) is 2. The molecule has 0 aliphatic carbocycles. The Kier molecular flexibility index (Phi) is 4.79. The molecule has 0 radical (unpaired) electrons. The number of fused-ring (bicyclic) bond motifs is 4. The van der Waals surface area contributed by atoms with Crippen molar-refractivity contribution in [2.75, 3.05) is 37.0 Å². The Balaban J connectivity index is 1.62. The summed E-state index contributed by atoms with van der Waals surface area (Å²) in [4.78, 5) is 4.64. The number of hydrogen-bond donors (Lipinski definition) is 0. The number of aryl methyl sites for hydroxylation is 1. The monoisotopic (exact) mass is 490 g/mol. The van der Waals surface area contributed by atoms with Crippen LogP contribution in [0, 0.1) is 6.92 Å². The van der Waals surface area contributed by atoms with E-state index in [1.165, 1.54) is 44.8 Å². The van der Waals surface area contributed by atoms with Crippen molar-refractivity contribution in [1.82, 2.24) is 0 Å². The van der Waals surface area contributed by atoms with Gasteiger partial charge in [-0.1, -0.05) is 66.7 Å². The van der Waals surface area contributed by atoms with Crippen molar-refractivity contribution in [2.45, 2.75) is 25.7 Å². The van der Waals surface area contributed by atoms with Gasteiger partial charge in [0.2, 0.25) is 0 Å². The zero-order valence-electron chi connectivity index (χ0n) is 21.2. The summed E-state index contributed by atoms with van der Waals surface area (Å²) in [6, 6.07) is 28.3. The molecule has 0 saturated carbocycles. The fourth-order valence-corrected chi connectivity index (χ4v) is 9.81. The molecule has 3 nitrogen and oxygen atoms in total. The van der Waals surface area contributed by atoms with Gasteiger partial charge in [0.1, 0.15) is 0 Å². The average Bonchev–Trinajstić information content (AvgIpc) is 3.45. The summed E-state index contributed by atoms with van der Waals surface area (Å²) >= 11 is 0. The van der Waals surface area contributed by atoms with E-state index < -0.39 is 7.14 Å². The second-order valence-corrected chi connectivity index (χ2v) is 13.4. The maximum absolute atomic E-state index is 15.7. The Morgan fingerprint density at radius 2 is 1.22 bits per heavy atom. The fourth-order valence-electron chi connectivity index (χ4n) is 6.68. The molecule has 0 amide bonds. The van der Waals surface area contributed by atoms with Crippen LogP contribution in [0.5, 0.6) is 0 Å². The molecule has 0 unspecified atom stereocenters. The van der Waals surface area contributed by atoms with Gasteiger partial charge in [-0.2, -0.15) is 0 Å². The zero-order chi connectivity index (χ0) is 24.6. The summed E-state index contributed by atoms with van der Waals surface area (Å²) in [7, 11) is 1.22. The molecule has 0 fully saturated rings. The summed E-state index contributed by atoms with van der Waals surface area (Å²) in [5, 5.41) is 2.96. The molecule has 0 bridgehead atoms. The van der Waals surface area contributed by atoms with Gasteiger partial charge in [0, 0.05) is 60.4 Å². The highest BCUT2D eigenvalue weighted by Gasteiger charge is 2.44. The summed E-state index contributed by atoms with van der Waals surface area (Å²) in [5.41, 5.74) is 10.3.